The van der Waals surface area contributed by atoms with Crippen molar-refractivity contribution in [1.29, 1.82) is 0 Å². The van der Waals surface area contributed by atoms with E-state index in [-0.39, 0.29) is 18.2 Å². The number of nitrogens with zero attached hydrogens (tertiary/aromatic N) is 2. The molecule has 0 bridgehead atoms. The van der Waals surface area contributed by atoms with E-state index in [1.807, 2.05) is 60.4 Å². The summed E-state index contributed by atoms with van der Waals surface area (Å²) in [5.41, 5.74) is 3.85. The second kappa shape index (κ2) is 9.73. The van der Waals surface area contributed by atoms with E-state index in [2.05, 4.69) is 19.2 Å². The number of nitrogens with one attached hydrogen (secondary N) is 1. The Morgan fingerprint density at radius 1 is 1.00 bits per heavy atom. The molecule has 0 aromatic heterocycles. The minimum absolute atomic E-state index is 0.0135. The van der Waals surface area contributed by atoms with Gasteiger partial charge >= 0.3 is 0 Å². The van der Waals surface area contributed by atoms with Gasteiger partial charge in [0, 0.05) is 31.9 Å². The maximum atomic E-state index is 12.7. The van der Waals surface area contributed by atoms with Gasteiger partial charge in [0.05, 0.1) is 12.3 Å². The maximum absolute atomic E-state index is 12.7. The molecule has 7 heteroatoms. The molecule has 1 saturated heterocycles. The number of para-hydroxylation sites is 1. The number of piperazine rings is 1. The lowest BCUT2D eigenvalue weighted by Crippen LogP contribution is -2.50. The van der Waals surface area contributed by atoms with Gasteiger partial charge in [-0.3, -0.25) is 9.69 Å². The molecule has 0 saturated carbocycles. The number of hydrogen-bond acceptors (Lipinski definition) is 4. The van der Waals surface area contributed by atoms with Crippen LogP contribution in [0, 0.1) is 6.92 Å². The summed E-state index contributed by atoms with van der Waals surface area (Å²) in [6.07, 6.45) is 0. The number of hydrogen-bond donors (Lipinski definition) is 1. The first-order valence-electron chi connectivity index (χ1n) is 10.4. The Kier molecular flexibility index (Phi) is 7.28. The van der Waals surface area contributed by atoms with E-state index < -0.39 is 10.0 Å². The van der Waals surface area contributed by atoms with Crippen LogP contribution < -0.4 is 5.32 Å². The molecule has 6 nitrogen and oxygen atoms in total. The highest BCUT2D eigenvalue weighted by Gasteiger charge is 2.28. The van der Waals surface area contributed by atoms with Gasteiger partial charge in [0.2, 0.25) is 15.9 Å². The first kappa shape index (κ1) is 22.5. The van der Waals surface area contributed by atoms with E-state index in [0.717, 1.165) is 22.4 Å². The van der Waals surface area contributed by atoms with E-state index in [4.69, 9.17) is 0 Å². The maximum Gasteiger partial charge on any atom is 0.238 e. The van der Waals surface area contributed by atoms with Crippen molar-refractivity contribution in [2.24, 2.45) is 0 Å². The van der Waals surface area contributed by atoms with Gasteiger partial charge in [-0.05, 0) is 29.5 Å². The molecule has 1 aliphatic heterocycles. The Labute approximate surface area is 179 Å². The summed E-state index contributed by atoms with van der Waals surface area (Å²) in [4.78, 5) is 14.7. The summed E-state index contributed by atoms with van der Waals surface area (Å²) < 4.78 is 26.9. The first-order chi connectivity index (χ1) is 14.3. The molecule has 1 amide bonds. The molecule has 0 radical (unpaired) electrons. The molecule has 0 aliphatic carbocycles. The second-order valence-electron chi connectivity index (χ2n) is 8.16. The van der Waals surface area contributed by atoms with E-state index in [1.165, 1.54) is 4.31 Å². The highest BCUT2D eigenvalue weighted by atomic mass is 32.2. The Morgan fingerprint density at radius 3 is 2.30 bits per heavy atom. The van der Waals surface area contributed by atoms with Gasteiger partial charge in [-0.2, -0.15) is 4.31 Å². The van der Waals surface area contributed by atoms with Crippen LogP contribution in [-0.2, 0) is 20.6 Å². The van der Waals surface area contributed by atoms with Crippen LogP contribution in [0.1, 0.15) is 36.5 Å². The Morgan fingerprint density at radius 2 is 1.67 bits per heavy atom. The molecule has 0 spiro atoms. The van der Waals surface area contributed by atoms with Gasteiger partial charge in [-0.1, -0.05) is 62.4 Å². The van der Waals surface area contributed by atoms with Crippen molar-refractivity contribution in [3.8, 4) is 0 Å². The number of carbonyl (C=O) groups excluding carboxylic acids is 1. The molecule has 1 aliphatic rings. The number of anilines is 1. The fraction of sp³-hybridized carbons (Fsp3) is 0.435. The zero-order chi connectivity index (χ0) is 21.7. The normalized spacial score (nSPS) is 16.0. The molecular formula is C23H31N3O3S. The van der Waals surface area contributed by atoms with E-state index in [0.29, 0.717) is 32.1 Å². The monoisotopic (exact) mass is 429 g/mol. The van der Waals surface area contributed by atoms with Crippen molar-refractivity contribution in [2.45, 2.75) is 32.4 Å². The Balaban J connectivity index is 1.54. The smallest absolute Gasteiger partial charge is 0.238 e. The number of rotatable bonds is 7. The van der Waals surface area contributed by atoms with Gasteiger partial charge in [0.15, 0.2) is 0 Å². The second-order valence-corrected chi connectivity index (χ2v) is 10.1. The number of amides is 1. The molecule has 1 heterocycles. The fourth-order valence-electron chi connectivity index (χ4n) is 3.77. The summed E-state index contributed by atoms with van der Waals surface area (Å²) in [5, 5.41) is 3.07. The molecule has 30 heavy (non-hydrogen) atoms. The Bertz CT molecular complexity index is 966. The predicted octanol–water partition coefficient (Wildman–Crippen LogP) is 3.20. The van der Waals surface area contributed by atoms with Crippen molar-refractivity contribution in [3.63, 3.8) is 0 Å². The highest BCUT2D eigenvalue weighted by molar-refractivity contribution is 7.88. The molecule has 2 aromatic rings. The number of sulfonamides is 1. The van der Waals surface area contributed by atoms with Crippen LogP contribution >= 0.6 is 0 Å². The molecule has 0 unspecified atom stereocenters. The first-order valence-corrected chi connectivity index (χ1v) is 12.0. The minimum atomic E-state index is -3.35. The molecule has 1 N–H and O–H groups in total. The zero-order valence-corrected chi connectivity index (χ0v) is 18.8. The van der Waals surface area contributed by atoms with Gasteiger partial charge in [-0.25, -0.2) is 8.42 Å². The van der Waals surface area contributed by atoms with Crippen molar-refractivity contribution in [3.05, 3.63) is 65.2 Å². The zero-order valence-electron chi connectivity index (χ0n) is 18.0. The molecule has 162 valence electrons. The van der Waals surface area contributed by atoms with E-state index in [1.54, 1.807) is 0 Å². The third-order valence-corrected chi connectivity index (χ3v) is 7.33. The van der Waals surface area contributed by atoms with Crippen LogP contribution in [0.5, 0.6) is 0 Å². The lowest BCUT2D eigenvalue weighted by molar-refractivity contribution is -0.117. The summed E-state index contributed by atoms with van der Waals surface area (Å²) in [6, 6.07) is 15.3. The number of aryl methyl sites for hydroxylation is 1. The van der Waals surface area contributed by atoms with Crippen LogP contribution in [-0.4, -0.2) is 56.3 Å². The number of carbonyl (C=O) groups is 1. The van der Waals surface area contributed by atoms with Crippen molar-refractivity contribution < 1.29 is 13.2 Å². The standard InChI is InChI=1S/C23H31N3O3S/c1-18(2)21-11-7-8-19(3)23(21)24-22(27)16-25-12-14-26(15-13-25)30(28,29)17-20-9-5-4-6-10-20/h4-11,18H,12-17H2,1-3H3,(H,24,27). The average Bonchev–Trinajstić information content (AvgIpc) is 2.70. The van der Waals surface area contributed by atoms with Gasteiger partial charge in [0.1, 0.15) is 0 Å². The van der Waals surface area contributed by atoms with Crippen LogP contribution in [0.25, 0.3) is 0 Å². The lowest BCUT2D eigenvalue weighted by Gasteiger charge is -2.33. The highest BCUT2D eigenvalue weighted by Crippen LogP contribution is 2.27. The summed E-state index contributed by atoms with van der Waals surface area (Å²) in [7, 11) is -3.35. The molecule has 2 aromatic carbocycles. The third kappa shape index (κ3) is 5.68. The minimum Gasteiger partial charge on any atom is -0.324 e. The van der Waals surface area contributed by atoms with E-state index >= 15 is 0 Å². The average molecular weight is 430 g/mol. The van der Waals surface area contributed by atoms with Crippen LogP contribution in [0.2, 0.25) is 0 Å². The predicted molar refractivity (Wildman–Crippen MR) is 121 cm³/mol. The third-order valence-electron chi connectivity index (χ3n) is 5.48. The molecule has 3 rings (SSSR count). The van der Waals surface area contributed by atoms with Crippen molar-refractivity contribution in [2.75, 3.05) is 38.0 Å². The SMILES string of the molecule is Cc1cccc(C(C)C)c1NC(=O)CN1CCN(S(=O)(=O)Cc2ccccc2)CC1. The fourth-order valence-corrected chi connectivity index (χ4v) is 5.28. The Hall–Kier alpha value is -2.22. The van der Waals surface area contributed by atoms with Gasteiger partial charge < -0.3 is 5.32 Å². The topological polar surface area (TPSA) is 69.7 Å². The quantitative estimate of drug-likeness (QED) is 0.734. The van der Waals surface area contributed by atoms with Gasteiger partial charge in [0.25, 0.3) is 0 Å². The molecule has 1 fully saturated rings. The number of benzene rings is 2. The van der Waals surface area contributed by atoms with Gasteiger partial charge in [-0.15, -0.1) is 0 Å². The van der Waals surface area contributed by atoms with Crippen molar-refractivity contribution in [1.82, 2.24) is 9.21 Å². The van der Waals surface area contributed by atoms with Crippen LogP contribution in [0.3, 0.4) is 0 Å². The van der Waals surface area contributed by atoms with Crippen LogP contribution in [0.15, 0.2) is 48.5 Å². The molecular weight excluding hydrogens is 398 g/mol. The van der Waals surface area contributed by atoms with Crippen LogP contribution in [0.4, 0.5) is 5.69 Å². The lowest BCUT2D eigenvalue weighted by atomic mass is 9.98. The van der Waals surface area contributed by atoms with E-state index in [9.17, 15) is 13.2 Å². The summed E-state index contributed by atoms with van der Waals surface area (Å²) >= 11 is 0. The largest absolute Gasteiger partial charge is 0.324 e. The molecule has 0 atom stereocenters. The summed E-state index contributed by atoms with van der Waals surface area (Å²) in [5.74, 6) is 0.268. The van der Waals surface area contributed by atoms with Crippen molar-refractivity contribution >= 4 is 21.6 Å². The summed E-state index contributed by atoms with van der Waals surface area (Å²) in [6.45, 7) is 8.39.